The zero-order chi connectivity index (χ0) is 33.1. The minimum absolute atomic E-state index is 0.00225. The predicted molar refractivity (Wildman–Crippen MR) is 182 cm³/mol. The molecule has 0 aliphatic heterocycles. The smallest absolute Gasteiger partial charge is 0.308 e. The van der Waals surface area contributed by atoms with Crippen LogP contribution < -0.4 is 0 Å². The van der Waals surface area contributed by atoms with Crippen molar-refractivity contribution in [2.45, 2.75) is 101 Å². The second-order valence-electron chi connectivity index (χ2n) is 12.0. The third-order valence-electron chi connectivity index (χ3n) is 7.46. The van der Waals surface area contributed by atoms with Gasteiger partial charge in [-0.1, -0.05) is 49.4 Å². The first-order valence-corrected chi connectivity index (χ1v) is 18.2. The molecular weight excluding hydrogens is 600 g/mol. The van der Waals surface area contributed by atoms with Gasteiger partial charge in [0.05, 0.1) is 53.7 Å². The van der Waals surface area contributed by atoms with Crippen molar-refractivity contribution < 1.29 is 26.5 Å². The second kappa shape index (κ2) is 17.2. The molecule has 0 saturated carbocycles. The summed E-state index contributed by atoms with van der Waals surface area (Å²) in [6.45, 7) is 15.7. The number of esters is 1. The van der Waals surface area contributed by atoms with Gasteiger partial charge in [0.15, 0.2) is 5.16 Å². The van der Waals surface area contributed by atoms with Crippen LogP contribution in [0.25, 0.3) is 5.57 Å². The number of carbonyl (C=O) groups is 1. The zero-order valence-corrected chi connectivity index (χ0v) is 29.5. The second-order valence-corrected chi connectivity index (χ2v) is 16.7. The Labute approximate surface area is 268 Å². The Hall–Kier alpha value is -2.53. The summed E-state index contributed by atoms with van der Waals surface area (Å²) in [6, 6.07) is 9.71. The molecule has 0 spiro atoms. The molecule has 1 aromatic heterocycles. The summed E-state index contributed by atoms with van der Waals surface area (Å²) in [7, 11) is -0.291. The highest BCUT2D eigenvalue weighted by molar-refractivity contribution is 8.26. The molecule has 0 aliphatic rings. The van der Waals surface area contributed by atoms with E-state index in [0.717, 1.165) is 35.7 Å². The van der Waals surface area contributed by atoms with Crippen LogP contribution in [-0.2, 0) is 40.9 Å². The van der Waals surface area contributed by atoms with E-state index in [1.165, 1.54) is 13.2 Å². The van der Waals surface area contributed by atoms with Gasteiger partial charge < -0.3 is 9.30 Å². The largest absolute Gasteiger partial charge is 0.469 e. The highest BCUT2D eigenvalue weighted by Gasteiger charge is 2.34. The first-order valence-electron chi connectivity index (χ1n) is 15.0. The molecule has 246 valence electrons. The van der Waals surface area contributed by atoms with E-state index in [-0.39, 0.29) is 29.3 Å². The van der Waals surface area contributed by atoms with E-state index in [1.54, 1.807) is 13.2 Å². The van der Waals surface area contributed by atoms with E-state index in [9.17, 15) is 13.4 Å². The van der Waals surface area contributed by atoms with Crippen molar-refractivity contribution >= 4 is 32.9 Å². The van der Waals surface area contributed by atoms with Crippen molar-refractivity contribution in [3.05, 3.63) is 77.9 Å². The van der Waals surface area contributed by atoms with Gasteiger partial charge in [0, 0.05) is 18.0 Å². The Bertz CT molecular complexity index is 1330. The van der Waals surface area contributed by atoms with E-state index in [1.807, 2.05) is 43.5 Å². The fraction of sp³-hybridized carbons (Fsp3) is 0.529. The lowest BCUT2D eigenvalue weighted by molar-refractivity contribution is -0.142. The maximum absolute atomic E-state index is 13.9. The molecule has 0 saturated heterocycles. The van der Waals surface area contributed by atoms with E-state index in [0.29, 0.717) is 29.4 Å². The molecule has 2 rings (SSSR count). The van der Waals surface area contributed by atoms with Crippen LogP contribution in [0.2, 0.25) is 0 Å². The fourth-order valence-electron chi connectivity index (χ4n) is 4.64. The van der Waals surface area contributed by atoms with Gasteiger partial charge in [0.1, 0.15) is 5.83 Å². The number of ether oxygens (including phenoxy) is 1. The lowest BCUT2D eigenvalue weighted by Gasteiger charge is -2.50. The molecule has 3 atom stereocenters. The van der Waals surface area contributed by atoms with Crippen molar-refractivity contribution in [3.63, 3.8) is 0 Å². The molecular formula is C34H51FN2O5S2. The summed E-state index contributed by atoms with van der Waals surface area (Å²) in [4.78, 5) is 17.2. The highest BCUT2D eigenvalue weighted by atomic mass is 32.3. The molecule has 7 nitrogen and oxygen atoms in total. The van der Waals surface area contributed by atoms with E-state index < -0.39 is 27.2 Å². The van der Waals surface area contributed by atoms with Crippen LogP contribution in [0.15, 0.2) is 66.1 Å². The summed E-state index contributed by atoms with van der Waals surface area (Å²) in [5, 5.41) is 0.506. The van der Waals surface area contributed by atoms with Crippen molar-refractivity contribution in [2.75, 3.05) is 20.5 Å². The Morgan fingerprint density at radius 1 is 1.16 bits per heavy atom. The number of unbranched alkanes of at least 4 members (excludes halogenated alkanes) is 1. The van der Waals surface area contributed by atoms with Crippen LogP contribution in [-0.4, -0.2) is 51.1 Å². The number of hydrogen-bond donors (Lipinski definition) is 0. The normalized spacial score (nSPS) is 16.3. The van der Waals surface area contributed by atoms with Gasteiger partial charge in [0.2, 0.25) is 0 Å². The summed E-state index contributed by atoms with van der Waals surface area (Å²) >= 11 is 0. The third kappa shape index (κ3) is 10.5. The summed E-state index contributed by atoms with van der Waals surface area (Å²) in [5.74, 6) is -0.426. The molecule has 10 heteroatoms. The van der Waals surface area contributed by atoms with Gasteiger partial charge >= 0.3 is 5.97 Å². The molecule has 2 aromatic rings. The number of halogens is 1. The molecule has 0 aliphatic carbocycles. The van der Waals surface area contributed by atoms with Crippen molar-refractivity contribution in [1.82, 2.24) is 9.55 Å². The molecule has 1 heterocycles. The van der Waals surface area contributed by atoms with Crippen LogP contribution in [0.1, 0.15) is 90.2 Å². The topological polar surface area (TPSA) is 79.7 Å². The number of aromatic nitrogens is 2. The summed E-state index contributed by atoms with van der Waals surface area (Å²) in [6.07, 6.45) is 8.77. The molecule has 3 unspecified atom stereocenters. The number of benzene rings is 1. The van der Waals surface area contributed by atoms with Gasteiger partial charge in [-0.2, -0.15) is 10.6 Å². The molecule has 0 fully saturated rings. The highest BCUT2D eigenvalue weighted by Crippen LogP contribution is 2.58. The number of allylic oxidation sites excluding steroid dienone is 5. The van der Waals surface area contributed by atoms with Crippen molar-refractivity contribution in [2.24, 2.45) is 0 Å². The maximum atomic E-state index is 13.9. The van der Waals surface area contributed by atoms with Gasteiger partial charge in [0.25, 0.3) is 0 Å². The molecule has 1 aromatic carbocycles. The Kier molecular flexibility index (Phi) is 14.8. The average Bonchev–Trinajstić information content (AvgIpc) is 3.37. The minimum atomic E-state index is -1.93. The minimum Gasteiger partial charge on any atom is -0.469 e. The molecule has 0 radical (unpaired) electrons. The van der Waals surface area contributed by atoms with E-state index >= 15 is 0 Å². The summed E-state index contributed by atoms with van der Waals surface area (Å²) in [5.41, 5.74) is 3.39. The maximum Gasteiger partial charge on any atom is 0.308 e. The quantitative estimate of drug-likeness (QED) is 0.0970. The lowest BCUT2D eigenvalue weighted by atomic mass is 10.0. The van der Waals surface area contributed by atoms with Crippen LogP contribution in [0.5, 0.6) is 0 Å². The van der Waals surface area contributed by atoms with E-state index in [4.69, 9.17) is 18.1 Å². The Morgan fingerprint density at radius 3 is 2.36 bits per heavy atom. The molecule has 44 heavy (non-hydrogen) atoms. The Balaban J connectivity index is 2.40. The predicted octanol–water partition coefficient (Wildman–Crippen LogP) is 8.58. The number of nitrogens with zero attached hydrogens (tertiary/aromatic N) is 2. The molecule has 0 bridgehead atoms. The molecule has 0 N–H and O–H groups in total. The fourth-order valence-corrected chi connectivity index (χ4v) is 7.55. The van der Waals surface area contributed by atoms with Gasteiger partial charge in [-0.05, 0) is 84.1 Å². The van der Waals surface area contributed by atoms with E-state index in [2.05, 4.69) is 45.8 Å². The first-order chi connectivity index (χ1) is 20.7. The van der Waals surface area contributed by atoms with Gasteiger partial charge in [-0.15, -0.1) is 0 Å². The van der Waals surface area contributed by atoms with Crippen molar-refractivity contribution in [1.29, 1.82) is 0 Å². The molecule has 0 amide bonds. The average molecular weight is 651 g/mol. The number of carbonyl (C=O) groups excluding carboxylic acids is 1. The number of rotatable bonds is 17. The number of imidazole rings is 1. The van der Waals surface area contributed by atoms with Crippen LogP contribution in [0, 0.1) is 0 Å². The van der Waals surface area contributed by atoms with Gasteiger partial charge in [-0.3, -0.25) is 17.4 Å². The lowest BCUT2D eigenvalue weighted by Crippen LogP contribution is -2.32. The first kappa shape index (κ1) is 37.7. The summed E-state index contributed by atoms with van der Waals surface area (Å²) < 4.78 is 46.7. The Morgan fingerprint density at radius 2 is 1.82 bits per heavy atom. The van der Waals surface area contributed by atoms with Crippen LogP contribution in [0.4, 0.5) is 4.39 Å². The van der Waals surface area contributed by atoms with Gasteiger partial charge in [-0.25, -0.2) is 9.37 Å². The van der Waals surface area contributed by atoms with Crippen LogP contribution >= 0.6 is 10.6 Å². The van der Waals surface area contributed by atoms with Crippen molar-refractivity contribution in [3.8, 4) is 0 Å². The monoisotopic (exact) mass is 650 g/mol. The van der Waals surface area contributed by atoms with Crippen LogP contribution in [0.3, 0.4) is 0 Å². The number of methoxy groups -OCH3 is 1. The third-order valence-corrected chi connectivity index (χ3v) is 12.3. The standard InChI is InChI=1S/C34H51FN2O5S2/c1-11-28(35)22-21-26(4)32-30(37(25(2)3)33(36-32)43(39)24-27-17-13-12-14-18-27)20-16-15-19-29(23-31(38)40-8)42-44(10,41-9)34(5,6)7/h11-14,17-18,21-22,25,29H,1,15-16,19-20,23-24H2,2-10H3/b26-21+,28-22+. The number of hydrogen-bond acceptors (Lipinski definition) is 6. The SMILES string of the molecule is C=C/C(F)=C\C=C(/C)c1nc(S(=O)Cc2ccccc2)n(C(C)C)c1CCCCC(CC(=O)OC)OS(C)(OC)C(C)(C)C. The zero-order valence-electron chi connectivity index (χ0n) is 27.9.